The number of methoxy groups -OCH3 is 1. The van der Waals surface area contributed by atoms with Crippen molar-refractivity contribution in [3.8, 4) is 0 Å². The third kappa shape index (κ3) is 6.31. The topological polar surface area (TPSA) is 66.8 Å². The molecule has 1 unspecified atom stereocenters. The predicted octanol–water partition coefficient (Wildman–Crippen LogP) is 6.33. The first kappa shape index (κ1) is 24.7. The van der Waals surface area contributed by atoms with Crippen molar-refractivity contribution in [2.75, 3.05) is 13.7 Å². The number of allylic oxidation sites excluding steroid dienone is 1. The molecule has 2 atom stereocenters. The molecule has 0 aliphatic heterocycles. The number of carbonyl (C=O) groups is 1. The first-order valence-electron chi connectivity index (χ1n) is 11.9. The van der Waals surface area contributed by atoms with Crippen LogP contribution in [0.2, 0.25) is 0 Å². The third-order valence-electron chi connectivity index (χ3n) is 6.49. The number of benzene rings is 1. The molecule has 0 amide bonds. The number of aliphatic hydroxyl groups excluding tert-OH is 2. The molecule has 2 aromatic rings. The van der Waals surface area contributed by atoms with Crippen molar-refractivity contribution in [3.63, 3.8) is 0 Å². The molecule has 1 aliphatic rings. The summed E-state index contributed by atoms with van der Waals surface area (Å²) in [7, 11) is 1.41. The van der Waals surface area contributed by atoms with Gasteiger partial charge in [0.15, 0.2) is 0 Å². The van der Waals surface area contributed by atoms with E-state index in [1.54, 1.807) is 0 Å². The lowest BCUT2D eigenvalue weighted by molar-refractivity contribution is 0.0606. The third-order valence-corrected chi connectivity index (χ3v) is 7.61. The number of unbranched alkanes of at least 4 members (excludes halogenated alkanes) is 2. The summed E-state index contributed by atoms with van der Waals surface area (Å²) in [4.78, 5) is 13.5. The second kappa shape index (κ2) is 12.3. The quantitative estimate of drug-likeness (QED) is 0.289. The van der Waals surface area contributed by atoms with Crippen LogP contribution in [0.15, 0.2) is 42.0 Å². The maximum atomic E-state index is 11.7. The Balaban J connectivity index is 1.61. The lowest BCUT2D eigenvalue weighted by Gasteiger charge is -2.17. The molecule has 0 fully saturated rings. The van der Waals surface area contributed by atoms with Gasteiger partial charge >= 0.3 is 5.97 Å². The van der Waals surface area contributed by atoms with Crippen molar-refractivity contribution >= 4 is 22.9 Å². The Morgan fingerprint density at radius 3 is 2.62 bits per heavy atom. The molecule has 2 N–H and O–H groups in total. The van der Waals surface area contributed by atoms with E-state index in [1.165, 1.54) is 34.5 Å². The Morgan fingerprint density at radius 1 is 1.16 bits per heavy atom. The summed E-state index contributed by atoms with van der Waals surface area (Å²) in [5, 5.41) is 20.4. The number of esters is 1. The van der Waals surface area contributed by atoms with Gasteiger partial charge in [-0.25, -0.2) is 4.79 Å². The maximum Gasteiger partial charge on any atom is 0.348 e. The molecule has 5 heteroatoms. The fourth-order valence-electron chi connectivity index (χ4n) is 4.69. The molecule has 32 heavy (non-hydrogen) atoms. The summed E-state index contributed by atoms with van der Waals surface area (Å²) < 4.78 is 4.80. The zero-order chi connectivity index (χ0) is 22.9. The van der Waals surface area contributed by atoms with Crippen LogP contribution < -0.4 is 0 Å². The fraction of sp³-hybridized carbons (Fsp3) is 0.519. The number of rotatable bonds is 12. The monoisotopic (exact) mass is 456 g/mol. The number of aliphatic hydroxyl groups is 2. The summed E-state index contributed by atoms with van der Waals surface area (Å²) in [6.45, 7) is 2.28. The van der Waals surface area contributed by atoms with Crippen LogP contribution in [0.3, 0.4) is 0 Å². The van der Waals surface area contributed by atoms with Crippen molar-refractivity contribution in [3.05, 3.63) is 62.9 Å². The summed E-state index contributed by atoms with van der Waals surface area (Å²) in [5.41, 5.74) is 4.59. The van der Waals surface area contributed by atoms with Gasteiger partial charge < -0.3 is 14.9 Å². The van der Waals surface area contributed by atoms with Crippen LogP contribution in [0.4, 0.5) is 0 Å². The van der Waals surface area contributed by atoms with Crippen LogP contribution in [0.1, 0.15) is 90.1 Å². The van der Waals surface area contributed by atoms with Crippen molar-refractivity contribution in [1.29, 1.82) is 0 Å². The molecule has 1 aromatic heterocycles. The summed E-state index contributed by atoms with van der Waals surface area (Å²) in [6, 6.07) is 12.2. The molecule has 0 saturated heterocycles. The number of hydrogen-bond acceptors (Lipinski definition) is 5. The second-order valence-electron chi connectivity index (χ2n) is 8.69. The fourth-order valence-corrected chi connectivity index (χ4v) is 5.66. The molecule has 1 aliphatic carbocycles. The van der Waals surface area contributed by atoms with Gasteiger partial charge in [0.1, 0.15) is 4.88 Å². The number of thiophene rings is 1. The molecule has 0 saturated carbocycles. The average Bonchev–Trinajstić information content (AvgIpc) is 3.46. The first-order valence-corrected chi connectivity index (χ1v) is 12.7. The normalized spacial score (nSPS) is 17.1. The average molecular weight is 457 g/mol. The smallest absolute Gasteiger partial charge is 0.348 e. The molecule has 174 valence electrons. The van der Waals surface area contributed by atoms with Crippen LogP contribution in [-0.2, 0) is 11.2 Å². The van der Waals surface area contributed by atoms with Gasteiger partial charge in [0, 0.05) is 4.88 Å². The minimum atomic E-state index is -0.401. The molecule has 3 rings (SSSR count). The largest absolute Gasteiger partial charge is 0.465 e. The highest BCUT2D eigenvalue weighted by Gasteiger charge is 2.26. The second-order valence-corrected chi connectivity index (χ2v) is 9.86. The van der Waals surface area contributed by atoms with Crippen LogP contribution >= 0.6 is 11.3 Å². The van der Waals surface area contributed by atoms with Crippen molar-refractivity contribution < 1.29 is 19.7 Å². The molecular weight excluding hydrogens is 420 g/mol. The molecule has 0 radical (unpaired) electrons. The molecule has 0 spiro atoms. The van der Waals surface area contributed by atoms with Crippen LogP contribution in [0, 0.1) is 5.92 Å². The van der Waals surface area contributed by atoms with Gasteiger partial charge in [-0.1, -0.05) is 50.5 Å². The first-order chi connectivity index (χ1) is 15.6. The molecule has 4 nitrogen and oxygen atoms in total. The van der Waals surface area contributed by atoms with Gasteiger partial charge in [-0.05, 0) is 78.8 Å². The molecule has 0 bridgehead atoms. The van der Waals surface area contributed by atoms with Gasteiger partial charge in [-0.2, -0.15) is 0 Å². The Hall–Kier alpha value is -1.95. The highest BCUT2D eigenvalue weighted by atomic mass is 32.1. The zero-order valence-corrected chi connectivity index (χ0v) is 20.1. The number of ether oxygens (including phenoxy) is 1. The van der Waals surface area contributed by atoms with E-state index >= 15 is 0 Å². The van der Waals surface area contributed by atoms with Crippen molar-refractivity contribution in [2.24, 2.45) is 5.92 Å². The SMILES string of the molecule is CCCCCC(O)c1ccc(C2=C(CO)CC[C@@H]2CCCc2ccc(C(=O)OC)s2)cc1. The molecular formula is C27H36O4S. The van der Waals surface area contributed by atoms with E-state index < -0.39 is 6.10 Å². The minimum absolute atomic E-state index is 0.112. The van der Waals surface area contributed by atoms with E-state index in [-0.39, 0.29) is 12.6 Å². The Morgan fingerprint density at radius 2 is 1.94 bits per heavy atom. The standard InChI is InChI=1S/C27H36O4S/c1-3-4-5-9-24(29)19-10-12-21(13-11-19)26-20(14-15-22(26)18-28)7-6-8-23-16-17-25(32-23)27(30)31-2/h10-13,16-17,20,24,28-29H,3-9,14-15,18H2,1-2H3/t20-,24?/m0/s1. The van der Waals surface area contributed by atoms with Gasteiger partial charge in [0.05, 0.1) is 19.8 Å². The summed E-state index contributed by atoms with van der Waals surface area (Å²) in [6.07, 6.45) is 8.84. The summed E-state index contributed by atoms with van der Waals surface area (Å²) >= 11 is 1.51. The van der Waals surface area contributed by atoms with Crippen molar-refractivity contribution in [1.82, 2.24) is 0 Å². The highest BCUT2D eigenvalue weighted by molar-refractivity contribution is 7.13. The number of aryl methyl sites for hydroxylation is 1. The maximum absolute atomic E-state index is 11.7. The minimum Gasteiger partial charge on any atom is -0.465 e. The van der Waals surface area contributed by atoms with Gasteiger partial charge in [0.25, 0.3) is 0 Å². The predicted molar refractivity (Wildman–Crippen MR) is 131 cm³/mol. The van der Waals surface area contributed by atoms with E-state index in [0.717, 1.165) is 68.9 Å². The Bertz CT molecular complexity index is 897. The van der Waals surface area contributed by atoms with Crippen LogP contribution in [0.25, 0.3) is 5.57 Å². The van der Waals surface area contributed by atoms with E-state index in [0.29, 0.717) is 10.8 Å². The van der Waals surface area contributed by atoms with E-state index in [2.05, 4.69) is 19.1 Å². The Labute approximate surface area is 196 Å². The Kier molecular flexibility index (Phi) is 9.51. The number of hydrogen-bond donors (Lipinski definition) is 2. The lowest BCUT2D eigenvalue weighted by atomic mass is 9.88. The molecule has 1 aromatic carbocycles. The molecule has 1 heterocycles. The van der Waals surface area contributed by atoms with Gasteiger partial charge in [0.2, 0.25) is 0 Å². The summed E-state index contributed by atoms with van der Waals surface area (Å²) in [5.74, 6) is 0.172. The lowest BCUT2D eigenvalue weighted by Crippen LogP contribution is -2.03. The highest BCUT2D eigenvalue weighted by Crippen LogP contribution is 2.42. The zero-order valence-electron chi connectivity index (χ0n) is 19.3. The van der Waals surface area contributed by atoms with Gasteiger partial charge in [-0.15, -0.1) is 11.3 Å². The van der Waals surface area contributed by atoms with E-state index in [9.17, 15) is 15.0 Å². The van der Waals surface area contributed by atoms with Crippen LogP contribution in [0.5, 0.6) is 0 Å². The van der Waals surface area contributed by atoms with E-state index in [4.69, 9.17) is 4.74 Å². The van der Waals surface area contributed by atoms with Gasteiger partial charge in [-0.3, -0.25) is 0 Å². The van der Waals surface area contributed by atoms with E-state index in [1.807, 2.05) is 24.3 Å². The number of carbonyl (C=O) groups excluding carboxylic acids is 1. The van der Waals surface area contributed by atoms with Crippen LogP contribution in [-0.4, -0.2) is 29.9 Å². The van der Waals surface area contributed by atoms with Crippen molar-refractivity contribution in [2.45, 2.75) is 70.8 Å².